The molecule has 1 aromatic heterocycles. The molecule has 0 fully saturated rings. The summed E-state index contributed by atoms with van der Waals surface area (Å²) in [4.78, 5) is 30.7. The second-order valence-corrected chi connectivity index (χ2v) is 13.4. The fourth-order valence-corrected chi connectivity index (χ4v) is 7.50. The molecule has 1 aliphatic heterocycles. The number of allylic oxidation sites excluding steroid dienone is 1. The lowest BCUT2D eigenvalue weighted by Gasteiger charge is -2.26. The molecule has 0 saturated heterocycles. The Kier molecular flexibility index (Phi) is 10.2. The number of hydrogen-bond acceptors (Lipinski definition) is 7. The Labute approximate surface area is 301 Å². The van der Waals surface area contributed by atoms with Gasteiger partial charge in [0.1, 0.15) is 6.61 Å². The molecular weight excluding hydrogens is 792 g/mol. The summed E-state index contributed by atoms with van der Waals surface area (Å²) in [6.45, 7) is 3.76. The highest BCUT2D eigenvalue weighted by Gasteiger charge is 2.45. The molecule has 0 amide bonds. The van der Waals surface area contributed by atoms with Crippen LogP contribution in [0.3, 0.4) is 0 Å². The summed E-state index contributed by atoms with van der Waals surface area (Å²) >= 11 is 8.98. The number of rotatable bonds is 9. The topological polar surface area (TPSA) is 79.1 Å². The lowest BCUT2D eigenvalue weighted by Crippen LogP contribution is -2.41. The molecule has 0 unspecified atom stereocenters. The molecule has 5 aromatic rings. The van der Waals surface area contributed by atoms with Crippen molar-refractivity contribution in [2.45, 2.75) is 32.7 Å². The number of aromatic nitrogens is 1. The first-order chi connectivity index (χ1) is 23.5. The summed E-state index contributed by atoms with van der Waals surface area (Å²) in [5.41, 5.74) is -1.04. The van der Waals surface area contributed by atoms with E-state index in [1.807, 2.05) is 49.4 Å². The van der Waals surface area contributed by atoms with Crippen molar-refractivity contribution in [2.75, 3.05) is 13.2 Å². The van der Waals surface area contributed by atoms with Crippen molar-refractivity contribution in [1.82, 2.24) is 4.57 Å². The van der Waals surface area contributed by atoms with E-state index in [9.17, 15) is 22.8 Å². The van der Waals surface area contributed by atoms with E-state index in [-0.39, 0.29) is 28.1 Å². The first-order valence-corrected chi connectivity index (χ1v) is 17.4. The van der Waals surface area contributed by atoms with E-state index in [4.69, 9.17) is 25.8 Å². The van der Waals surface area contributed by atoms with Crippen molar-refractivity contribution >= 4 is 68.3 Å². The Morgan fingerprint density at radius 2 is 1.76 bits per heavy atom. The molecule has 0 radical (unpaired) electrons. The van der Waals surface area contributed by atoms with Gasteiger partial charge in [-0.25, -0.2) is 9.79 Å². The quantitative estimate of drug-likeness (QED) is 0.113. The summed E-state index contributed by atoms with van der Waals surface area (Å²) in [5, 5.41) is 2.50. The molecule has 0 spiro atoms. The zero-order valence-corrected chi connectivity index (χ0v) is 29.7. The largest absolute Gasteiger partial charge is 0.490 e. The number of benzene rings is 4. The molecule has 0 saturated carbocycles. The van der Waals surface area contributed by atoms with Gasteiger partial charge in [-0.3, -0.25) is 9.36 Å². The van der Waals surface area contributed by atoms with Crippen LogP contribution >= 0.6 is 45.5 Å². The van der Waals surface area contributed by atoms with Crippen molar-refractivity contribution in [3.8, 4) is 11.5 Å². The van der Waals surface area contributed by atoms with Gasteiger partial charge in [0.15, 0.2) is 22.0 Å². The van der Waals surface area contributed by atoms with Gasteiger partial charge >= 0.3 is 12.1 Å². The van der Waals surface area contributed by atoms with Crippen molar-refractivity contribution in [3.05, 3.63) is 135 Å². The van der Waals surface area contributed by atoms with E-state index in [1.165, 1.54) is 31.2 Å². The zero-order valence-electron chi connectivity index (χ0n) is 26.0. The maximum atomic E-state index is 14.4. The Balaban J connectivity index is 1.45. The molecule has 1 aliphatic rings. The maximum absolute atomic E-state index is 14.4. The molecule has 0 aliphatic carbocycles. The van der Waals surface area contributed by atoms with Crippen LogP contribution in [0.5, 0.6) is 11.5 Å². The van der Waals surface area contributed by atoms with Crippen molar-refractivity contribution < 1.29 is 32.2 Å². The second kappa shape index (κ2) is 14.4. The molecule has 252 valence electrons. The predicted octanol–water partition coefficient (Wildman–Crippen LogP) is 7.73. The SMILES string of the molecule is CCOC(=O)C1=C(C(F)(F)F)N=c2s/c(=C\c3cc(I)c(OCc4cccc5ccccc45)c(OCC)c3)c(=O)n2[C@@H]1c1ccc(Cl)cc1. The first-order valence-electron chi connectivity index (χ1n) is 15.1. The maximum Gasteiger partial charge on any atom is 0.434 e. The summed E-state index contributed by atoms with van der Waals surface area (Å²) in [5.74, 6) is -0.259. The zero-order chi connectivity index (χ0) is 34.9. The number of alkyl halides is 3. The summed E-state index contributed by atoms with van der Waals surface area (Å²) in [6, 6.07) is 22.0. The third-order valence-corrected chi connectivity index (χ3v) is 9.70. The smallest absolute Gasteiger partial charge is 0.434 e. The molecule has 7 nitrogen and oxygen atoms in total. The molecule has 4 aromatic carbocycles. The third kappa shape index (κ3) is 7.12. The van der Waals surface area contributed by atoms with Gasteiger partial charge < -0.3 is 14.2 Å². The fraction of sp³-hybridized carbons (Fsp3) is 0.194. The highest BCUT2D eigenvalue weighted by molar-refractivity contribution is 14.1. The summed E-state index contributed by atoms with van der Waals surface area (Å²) in [6.07, 6.45) is -3.45. The highest BCUT2D eigenvalue weighted by Crippen LogP contribution is 2.39. The lowest BCUT2D eigenvalue weighted by molar-refractivity contribution is -0.140. The minimum atomic E-state index is -5.01. The summed E-state index contributed by atoms with van der Waals surface area (Å²) < 4.78 is 62.5. The van der Waals surface area contributed by atoms with Gasteiger partial charge in [0.25, 0.3) is 5.56 Å². The van der Waals surface area contributed by atoms with Gasteiger partial charge in [0, 0.05) is 5.02 Å². The van der Waals surface area contributed by atoms with Crippen LogP contribution in [0.2, 0.25) is 5.02 Å². The first kappa shape index (κ1) is 34.7. The predicted molar refractivity (Wildman–Crippen MR) is 191 cm³/mol. The molecule has 2 heterocycles. The summed E-state index contributed by atoms with van der Waals surface area (Å²) in [7, 11) is 0. The third-order valence-electron chi connectivity index (χ3n) is 7.66. The van der Waals surface area contributed by atoms with Crippen LogP contribution in [0.4, 0.5) is 13.2 Å². The van der Waals surface area contributed by atoms with E-state index < -0.39 is 35.0 Å². The van der Waals surface area contributed by atoms with Crippen LogP contribution < -0.4 is 24.4 Å². The number of ether oxygens (including phenoxy) is 3. The van der Waals surface area contributed by atoms with Gasteiger partial charge in [-0.05, 0) is 94.2 Å². The van der Waals surface area contributed by atoms with E-state index in [2.05, 4.69) is 27.6 Å². The van der Waals surface area contributed by atoms with Gasteiger partial charge in [-0.1, -0.05) is 77.5 Å². The number of hydrogen-bond donors (Lipinski definition) is 0. The van der Waals surface area contributed by atoms with Crippen molar-refractivity contribution in [3.63, 3.8) is 0 Å². The lowest BCUT2D eigenvalue weighted by atomic mass is 9.95. The Morgan fingerprint density at radius 3 is 2.47 bits per heavy atom. The van der Waals surface area contributed by atoms with E-state index in [1.54, 1.807) is 18.2 Å². The van der Waals surface area contributed by atoms with Gasteiger partial charge in [0.2, 0.25) is 0 Å². The number of nitrogens with zero attached hydrogens (tertiary/aromatic N) is 2. The second-order valence-electron chi connectivity index (χ2n) is 10.8. The van der Waals surface area contributed by atoms with Crippen LogP contribution in [-0.2, 0) is 16.1 Å². The number of halogens is 5. The van der Waals surface area contributed by atoms with Gasteiger partial charge in [-0.15, -0.1) is 0 Å². The van der Waals surface area contributed by atoms with Crippen molar-refractivity contribution in [2.24, 2.45) is 4.99 Å². The molecule has 49 heavy (non-hydrogen) atoms. The van der Waals surface area contributed by atoms with Crippen LogP contribution in [0, 0.1) is 3.57 Å². The van der Waals surface area contributed by atoms with E-state index in [0.29, 0.717) is 32.3 Å². The Morgan fingerprint density at radius 1 is 1.02 bits per heavy atom. The highest BCUT2D eigenvalue weighted by atomic mass is 127. The molecule has 0 N–H and O–H groups in total. The van der Waals surface area contributed by atoms with Gasteiger partial charge in [0.05, 0.1) is 32.9 Å². The molecule has 13 heteroatoms. The van der Waals surface area contributed by atoms with E-state index in [0.717, 1.165) is 32.2 Å². The number of thiazole rings is 1. The van der Waals surface area contributed by atoms with E-state index >= 15 is 0 Å². The van der Waals surface area contributed by atoms with Gasteiger partial charge in [-0.2, -0.15) is 13.2 Å². The van der Waals surface area contributed by atoms with Crippen LogP contribution in [0.15, 0.2) is 99.9 Å². The minimum absolute atomic E-state index is 0.104. The molecule has 0 bridgehead atoms. The Bertz CT molecular complexity index is 2280. The molecule has 1 atom stereocenters. The number of carbonyl (C=O) groups excluding carboxylic acids is 1. The van der Waals surface area contributed by atoms with Crippen LogP contribution in [0.1, 0.15) is 36.6 Å². The van der Waals surface area contributed by atoms with Crippen LogP contribution in [-0.4, -0.2) is 29.9 Å². The monoisotopic (exact) mass is 818 g/mol. The van der Waals surface area contributed by atoms with Crippen molar-refractivity contribution in [1.29, 1.82) is 0 Å². The fourth-order valence-electron chi connectivity index (χ4n) is 5.59. The number of esters is 1. The number of carbonyl (C=O) groups is 1. The number of fused-ring (bicyclic) bond motifs is 2. The normalized spacial score (nSPS) is 14.8. The molecule has 6 rings (SSSR count). The molecular formula is C36H27ClF3IN2O5S. The minimum Gasteiger partial charge on any atom is -0.490 e. The van der Waals surface area contributed by atoms with Crippen LogP contribution in [0.25, 0.3) is 16.8 Å². The standard InChI is InChI=1S/C36H27ClF3IN2O5S/c1-3-46-27-17-20(16-26(41)31(27)48-19-23-10-7-9-21-8-5-6-11-25(21)23)18-28-33(44)43-30(22-12-14-24(37)15-13-22)29(34(45)47-4-2)32(36(38,39)40)42-35(43)49-28/h5-18,30H,3-4,19H2,1-2H3/b28-18-/t30-/m1/s1. The Hall–Kier alpha value is -4.14. The average Bonchev–Trinajstić information content (AvgIpc) is 3.38. The average molecular weight is 819 g/mol.